The Kier molecular flexibility index (Phi) is 5.50. The summed E-state index contributed by atoms with van der Waals surface area (Å²) in [5.74, 6) is -1.25. The van der Waals surface area contributed by atoms with Crippen molar-refractivity contribution in [2.75, 3.05) is 0 Å². The van der Waals surface area contributed by atoms with Gasteiger partial charge in [0.1, 0.15) is 18.5 Å². The van der Waals surface area contributed by atoms with Crippen LogP contribution in [-0.4, -0.2) is 37.7 Å². The van der Waals surface area contributed by atoms with Crippen molar-refractivity contribution in [3.05, 3.63) is 61.7 Å². The summed E-state index contributed by atoms with van der Waals surface area (Å²) in [7, 11) is 0. The SMILES string of the molecule is CC[C@@]1(O)C(=O)OCc2c1cc1n(c2=O)Cc2c-1nc1cc(F)c(C)c3c1c2[C@@H](NC(=O)[C@@H](O)CC1CC1)CC3. The highest BCUT2D eigenvalue weighted by atomic mass is 19.1. The molecule has 7 rings (SSSR count). The van der Waals surface area contributed by atoms with Crippen molar-refractivity contribution in [2.24, 2.45) is 5.92 Å². The van der Waals surface area contributed by atoms with Gasteiger partial charge in [0, 0.05) is 22.6 Å². The van der Waals surface area contributed by atoms with Crippen molar-refractivity contribution in [3.8, 4) is 11.4 Å². The summed E-state index contributed by atoms with van der Waals surface area (Å²) in [5, 5.41) is 25.5. The first-order chi connectivity index (χ1) is 19.1. The lowest BCUT2D eigenvalue weighted by molar-refractivity contribution is -0.172. The van der Waals surface area contributed by atoms with E-state index >= 15 is 4.39 Å². The van der Waals surface area contributed by atoms with E-state index in [1.165, 1.54) is 6.07 Å². The molecule has 40 heavy (non-hydrogen) atoms. The maximum absolute atomic E-state index is 15.0. The van der Waals surface area contributed by atoms with Gasteiger partial charge in [0.05, 0.1) is 35.1 Å². The number of pyridine rings is 2. The van der Waals surface area contributed by atoms with Crippen molar-refractivity contribution in [2.45, 2.75) is 83.3 Å². The summed E-state index contributed by atoms with van der Waals surface area (Å²) < 4.78 is 21.8. The predicted octanol–water partition coefficient (Wildman–Crippen LogP) is 2.79. The van der Waals surface area contributed by atoms with Gasteiger partial charge in [0.15, 0.2) is 5.60 Å². The topological polar surface area (TPSA) is 131 Å². The van der Waals surface area contributed by atoms with E-state index in [9.17, 15) is 24.6 Å². The number of amides is 1. The number of hydrogen-bond acceptors (Lipinski definition) is 7. The quantitative estimate of drug-likeness (QED) is 0.328. The molecule has 1 aromatic carbocycles. The summed E-state index contributed by atoms with van der Waals surface area (Å²) in [6, 6.07) is 2.54. The average Bonchev–Trinajstić information content (AvgIpc) is 3.68. The number of aryl methyl sites for hydroxylation is 1. The molecule has 208 valence electrons. The number of ether oxygens (including phenoxy) is 1. The van der Waals surface area contributed by atoms with Gasteiger partial charge in [-0.05, 0) is 61.3 Å². The highest BCUT2D eigenvalue weighted by Crippen LogP contribution is 2.46. The molecule has 2 aliphatic carbocycles. The number of cyclic esters (lactones) is 1. The lowest BCUT2D eigenvalue weighted by Gasteiger charge is -2.31. The number of carbonyl (C=O) groups is 2. The van der Waals surface area contributed by atoms with Crippen LogP contribution in [0.15, 0.2) is 16.9 Å². The third-order valence-electron chi connectivity index (χ3n) is 9.25. The van der Waals surface area contributed by atoms with Gasteiger partial charge in [-0.15, -0.1) is 0 Å². The molecular weight excluding hydrogens is 517 g/mol. The maximum Gasteiger partial charge on any atom is 0.343 e. The maximum atomic E-state index is 15.0. The van der Waals surface area contributed by atoms with Crippen LogP contribution >= 0.6 is 0 Å². The van der Waals surface area contributed by atoms with Crippen molar-refractivity contribution >= 4 is 22.8 Å². The molecule has 0 radical (unpaired) electrons. The standard InChI is InChI=1S/C30H30FN3O6/c1-3-30(39)18-9-22-26-16(11-34(22)28(37)17(18)12-40-29(30)38)25-20(33-27(36)23(35)8-14-4-5-14)7-6-15-13(2)19(31)10-21(32-26)24(15)25/h9-10,14,20,23,35,39H,3-8,11-12H2,1-2H3,(H,33,36)/t20-,23-,30-/m0/s1. The van der Waals surface area contributed by atoms with Gasteiger partial charge in [-0.25, -0.2) is 14.2 Å². The second-order valence-corrected chi connectivity index (χ2v) is 11.6. The third kappa shape index (κ3) is 3.51. The van der Waals surface area contributed by atoms with E-state index in [0.29, 0.717) is 47.6 Å². The number of nitrogens with zero attached hydrogens (tertiary/aromatic N) is 2. The first kappa shape index (κ1) is 25.3. The van der Waals surface area contributed by atoms with Gasteiger partial charge in [-0.3, -0.25) is 9.59 Å². The van der Waals surface area contributed by atoms with E-state index in [-0.39, 0.29) is 42.1 Å². The Morgan fingerprint density at radius 2 is 2.02 bits per heavy atom. The number of esters is 1. The lowest BCUT2D eigenvalue weighted by atomic mass is 9.81. The predicted molar refractivity (Wildman–Crippen MR) is 142 cm³/mol. The highest BCUT2D eigenvalue weighted by molar-refractivity contribution is 5.94. The number of hydrogen-bond donors (Lipinski definition) is 3. The van der Waals surface area contributed by atoms with Gasteiger partial charge < -0.3 is 24.8 Å². The minimum absolute atomic E-state index is 0.0239. The van der Waals surface area contributed by atoms with Crippen LogP contribution < -0.4 is 10.9 Å². The fourth-order valence-corrected chi connectivity index (χ4v) is 6.74. The molecule has 1 fully saturated rings. The fourth-order valence-electron chi connectivity index (χ4n) is 6.74. The van der Waals surface area contributed by atoms with Crippen LogP contribution in [0.4, 0.5) is 4.39 Å². The van der Waals surface area contributed by atoms with E-state index in [2.05, 4.69) is 5.32 Å². The van der Waals surface area contributed by atoms with Crippen LogP contribution in [0.25, 0.3) is 22.3 Å². The number of aliphatic hydroxyl groups excluding tert-OH is 1. The number of nitrogens with one attached hydrogen (secondary N) is 1. The van der Waals surface area contributed by atoms with Crippen molar-refractivity contribution in [1.82, 2.24) is 14.9 Å². The minimum Gasteiger partial charge on any atom is -0.458 e. The van der Waals surface area contributed by atoms with E-state index in [4.69, 9.17) is 9.72 Å². The van der Waals surface area contributed by atoms with Crippen LogP contribution in [0, 0.1) is 18.7 Å². The van der Waals surface area contributed by atoms with Crippen molar-refractivity contribution in [1.29, 1.82) is 0 Å². The van der Waals surface area contributed by atoms with E-state index in [1.54, 1.807) is 24.5 Å². The van der Waals surface area contributed by atoms with E-state index < -0.39 is 29.6 Å². The number of halogens is 1. The van der Waals surface area contributed by atoms with Gasteiger partial charge in [0.2, 0.25) is 5.91 Å². The molecule has 2 aromatic heterocycles. The Balaban J connectivity index is 1.42. The second-order valence-electron chi connectivity index (χ2n) is 11.6. The molecule has 3 atom stereocenters. The van der Waals surface area contributed by atoms with Crippen LogP contribution in [0.3, 0.4) is 0 Å². The Morgan fingerprint density at radius 3 is 2.75 bits per heavy atom. The Morgan fingerprint density at radius 1 is 1.25 bits per heavy atom. The van der Waals surface area contributed by atoms with Gasteiger partial charge >= 0.3 is 5.97 Å². The van der Waals surface area contributed by atoms with Crippen LogP contribution in [0.5, 0.6) is 0 Å². The number of aliphatic hydroxyl groups is 2. The van der Waals surface area contributed by atoms with E-state index in [1.807, 2.05) is 0 Å². The first-order valence-corrected chi connectivity index (χ1v) is 13.9. The van der Waals surface area contributed by atoms with Crippen LogP contribution in [-0.2, 0) is 39.5 Å². The van der Waals surface area contributed by atoms with Gasteiger partial charge in [0.25, 0.3) is 5.56 Å². The number of benzene rings is 1. The van der Waals surface area contributed by atoms with E-state index in [0.717, 1.165) is 34.9 Å². The molecule has 9 nitrogen and oxygen atoms in total. The number of rotatable bonds is 5. The molecule has 3 aromatic rings. The Labute approximate surface area is 229 Å². The zero-order chi connectivity index (χ0) is 28.1. The second kappa shape index (κ2) is 8.68. The normalized spacial score (nSPS) is 23.3. The smallest absolute Gasteiger partial charge is 0.343 e. The van der Waals surface area contributed by atoms with Crippen LogP contribution in [0.1, 0.15) is 78.5 Å². The first-order valence-electron chi connectivity index (χ1n) is 13.9. The molecule has 0 bridgehead atoms. The van der Waals surface area contributed by atoms with Crippen molar-refractivity contribution < 1.29 is 28.9 Å². The zero-order valence-corrected chi connectivity index (χ0v) is 22.3. The number of aromatic nitrogens is 2. The van der Waals surface area contributed by atoms with Gasteiger partial charge in [-0.1, -0.05) is 19.8 Å². The van der Waals surface area contributed by atoms with Crippen molar-refractivity contribution in [3.63, 3.8) is 0 Å². The molecule has 4 aliphatic rings. The molecule has 4 heterocycles. The Hall–Kier alpha value is -3.63. The molecule has 0 spiro atoms. The molecule has 1 amide bonds. The number of carbonyl (C=O) groups excluding carboxylic acids is 2. The van der Waals surface area contributed by atoms with Gasteiger partial charge in [-0.2, -0.15) is 0 Å². The molecule has 0 saturated heterocycles. The summed E-state index contributed by atoms with van der Waals surface area (Å²) in [6.07, 6.45) is 2.42. The summed E-state index contributed by atoms with van der Waals surface area (Å²) >= 11 is 0. The lowest BCUT2D eigenvalue weighted by Crippen LogP contribution is -2.44. The minimum atomic E-state index is -1.96. The molecular formula is C30H30FN3O6. The molecule has 0 unspecified atom stereocenters. The number of fused-ring (bicyclic) bond motifs is 5. The summed E-state index contributed by atoms with van der Waals surface area (Å²) in [4.78, 5) is 44.1. The average molecular weight is 548 g/mol. The summed E-state index contributed by atoms with van der Waals surface area (Å²) in [5.41, 5.74) is 2.22. The largest absolute Gasteiger partial charge is 0.458 e. The monoisotopic (exact) mass is 547 g/mol. The molecule has 3 N–H and O–H groups in total. The molecule has 2 aliphatic heterocycles. The third-order valence-corrected chi connectivity index (χ3v) is 9.25. The molecule has 1 saturated carbocycles. The van der Waals surface area contributed by atoms with Crippen LogP contribution in [0.2, 0.25) is 0 Å². The molecule has 10 heteroatoms. The summed E-state index contributed by atoms with van der Waals surface area (Å²) in [6.45, 7) is 3.30. The highest BCUT2D eigenvalue weighted by Gasteiger charge is 2.46. The fraction of sp³-hybridized carbons (Fsp3) is 0.467. The zero-order valence-electron chi connectivity index (χ0n) is 22.3. The Bertz CT molecular complexity index is 1710.